The van der Waals surface area contributed by atoms with E-state index in [1.807, 2.05) is 13.8 Å². The fourth-order valence-electron chi connectivity index (χ4n) is 2.61. The summed E-state index contributed by atoms with van der Waals surface area (Å²) in [6.45, 7) is 7.63. The molecule has 1 aliphatic heterocycles. The number of likely N-dealkylation sites (N-methyl/N-ethyl adjacent to an activating group) is 1. The molecular formula is C16H27N5OS. The van der Waals surface area contributed by atoms with Crippen molar-refractivity contribution in [3.63, 3.8) is 0 Å². The molecule has 7 heteroatoms. The van der Waals surface area contributed by atoms with Gasteiger partial charge in [0, 0.05) is 32.2 Å². The summed E-state index contributed by atoms with van der Waals surface area (Å²) in [5.74, 6) is 0.686. The number of aliphatic imine (C=N–C) groups is 1. The summed E-state index contributed by atoms with van der Waals surface area (Å²) in [4.78, 5) is 18.3. The Morgan fingerprint density at radius 3 is 2.65 bits per heavy atom. The fourth-order valence-corrected chi connectivity index (χ4v) is 3.40. The number of amides is 1. The van der Waals surface area contributed by atoms with Crippen molar-refractivity contribution < 1.29 is 4.79 Å². The second-order valence-electron chi connectivity index (χ2n) is 5.51. The number of carbonyl (C=O) groups excluding carboxylic acids is 1. The molecule has 1 amide bonds. The molecule has 0 aromatic carbocycles. The number of piperidine rings is 1. The first-order valence-electron chi connectivity index (χ1n) is 8.33. The summed E-state index contributed by atoms with van der Waals surface area (Å²) in [5.41, 5.74) is 0. The first kappa shape index (κ1) is 17.6. The van der Waals surface area contributed by atoms with Gasteiger partial charge in [-0.3, -0.25) is 4.79 Å². The van der Waals surface area contributed by atoms with Crippen LogP contribution in [0.1, 0.15) is 26.7 Å². The predicted molar refractivity (Wildman–Crippen MR) is 97.4 cm³/mol. The van der Waals surface area contributed by atoms with Gasteiger partial charge in [-0.15, -0.1) is 11.3 Å². The maximum Gasteiger partial charge on any atom is 0.241 e. The number of rotatable bonds is 6. The second kappa shape index (κ2) is 9.39. The minimum Gasteiger partial charge on any atom is -0.363 e. The number of guanidine groups is 1. The zero-order valence-corrected chi connectivity index (χ0v) is 14.8. The molecule has 1 fully saturated rings. The lowest BCUT2D eigenvalue weighted by Gasteiger charge is -2.33. The molecule has 0 atom stereocenters. The zero-order valence-electron chi connectivity index (χ0n) is 14.0. The Balaban J connectivity index is 1.81. The molecule has 1 aromatic heterocycles. The van der Waals surface area contributed by atoms with Gasteiger partial charge in [-0.05, 0) is 44.2 Å². The van der Waals surface area contributed by atoms with E-state index in [4.69, 9.17) is 0 Å². The van der Waals surface area contributed by atoms with Crippen LogP contribution in [0.2, 0.25) is 0 Å². The molecule has 0 spiro atoms. The lowest BCUT2D eigenvalue weighted by molar-refractivity contribution is -0.119. The van der Waals surface area contributed by atoms with Crippen LogP contribution in [-0.2, 0) is 4.79 Å². The van der Waals surface area contributed by atoms with Crippen LogP contribution in [0.15, 0.2) is 22.5 Å². The van der Waals surface area contributed by atoms with Crippen molar-refractivity contribution in [2.75, 3.05) is 37.6 Å². The van der Waals surface area contributed by atoms with Crippen LogP contribution in [0.3, 0.4) is 0 Å². The van der Waals surface area contributed by atoms with Gasteiger partial charge in [0.15, 0.2) is 5.96 Å². The normalized spacial score (nSPS) is 16.3. The molecule has 3 N–H and O–H groups in total. The molecule has 1 saturated heterocycles. The lowest BCUT2D eigenvalue weighted by Crippen LogP contribution is -2.49. The fraction of sp³-hybridized carbons (Fsp3) is 0.625. The Bertz CT molecular complexity index is 495. The first-order valence-corrected chi connectivity index (χ1v) is 9.20. The molecule has 6 nitrogen and oxygen atoms in total. The Kier molecular flexibility index (Phi) is 7.19. The molecule has 0 unspecified atom stereocenters. The van der Waals surface area contributed by atoms with Crippen molar-refractivity contribution in [3.8, 4) is 0 Å². The van der Waals surface area contributed by atoms with Crippen LogP contribution in [0, 0.1) is 0 Å². The van der Waals surface area contributed by atoms with Gasteiger partial charge >= 0.3 is 0 Å². The monoisotopic (exact) mass is 337 g/mol. The molecule has 23 heavy (non-hydrogen) atoms. The van der Waals surface area contributed by atoms with E-state index < -0.39 is 0 Å². The van der Waals surface area contributed by atoms with Gasteiger partial charge in [-0.1, -0.05) is 0 Å². The molecule has 2 rings (SSSR count). The molecule has 0 saturated carbocycles. The number of thiophene rings is 1. The Morgan fingerprint density at radius 2 is 2.04 bits per heavy atom. The van der Waals surface area contributed by atoms with Crippen molar-refractivity contribution in [2.24, 2.45) is 4.99 Å². The highest BCUT2D eigenvalue weighted by Gasteiger charge is 2.20. The largest absolute Gasteiger partial charge is 0.363 e. The van der Waals surface area contributed by atoms with Gasteiger partial charge in [0.2, 0.25) is 5.91 Å². The van der Waals surface area contributed by atoms with Gasteiger partial charge in [0.25, 0.3) is 0 Å². The number of anilines is 1. The molecule has 0 bridgehead atoms. The SMILES string of the molecule is CCNC(=O)CN=C(NCC)NC1CCN(c2cccs2)CC1. The van der Waals surface area contributed by atoms with E-state index in [9.17, 15) is 4.79 Å². The van der Waals surface area contributed by atoms with E-state index in [2.05, 4.69) is 43.4 Å². The predicted octanol–water partition coefficient (Wildman–Crippen LogP) is 1.41. The van der Waals surface area contributed by atoms with Crippen molar-refractivity contribution in [3.05, 3.63) is 17.5 Å². The Hall–Kier alpha value is -1.76. The smallest absolute Gasteiger partial charge is 0.241 e. The zero-order chi connectivity index (χ0) is 16.5. The van der Waals surface area contributed by atoms with Gasteiger partial charge in [0.05, 0.1) is 5.00 Å². The van der Waals surface area contributed by atoms with Gasteiger partial charge < -0.3 is 20.9 Å². The summed E-state index contributed by atoms with van der Waals surface area (Å²) in [7, 11) is 0. The van der Waals surface area contributed by atoms with Crippen LogP contribution in [-0.4, -0.2) is 50.6 Å². The Labute approximate surface area is 142 Å². The number of carbonyl (C=O) groups is 1. The van der Waals surface area contributed by atoms with Gasteiger partial charge in [-0.2, -0.15) is 0 Å². The third kappa shape index (κ3) is 5.74. The van der Waals surface area contributed by atoms with Gasteiger partial charge in [0.1, 0.15) is 6.54 Å². The van der Waals surface area contributed by atoms with Crippen LogP contribution >= 0.6 is 11.3 Å². The second-order valence-corrected chi connectivity index (χ2v) is 6.43. The van der Waals surface area contributed by atoms with Crippen LogP contribution < -0.4 is 20.9 Å². The van der Waals surface area contributed by atoms with Crippen molar-refractivity contribution in [1.82, 2.24) is 16.0 Å². The van der Waals surface area contributed by atoms with Crippen LogP contribution in [0.4, 0.5) is 5.00 Å². The number of nitrogens with one attached hydrogen (secondary N) is 3. The average molecular weight is 337 g/mol. The van der Waals surface area contributed by atoms with E-state index in [0.29, 0.717) is 12.6 Å². The van der Waals surface area contributed by atoms with Crippen molar-refractivity contribution in [1.29, 1.82) is 0 Å². The molecular weight excluding hydrogens is 310 g/mol. The molecule has 128 valence electrons. The minimum atomic E-state index is -0.0442. The number of hydrogen-bond donors (Lipinski definition) is 3. The highest BCUT2D eigenvalue weighted by atomic mass is 32.1. The summed E-state index contributed by atoms with van der Waals surface area (Å²) in [6, 6.07) is 4.68. The van der Waals surface area contributed by atoms with E-state index >= 15 is 0 Å². The standard InChI is InChI=1S/C16H27N5OS/c1-3-17-14(22)12-19-16(18-4-2)20-13-7-9-21(10-8-13)15-6-5-11-23-15/h5-6,11,13H,3-4,7-10,12H2,1-2H3,(H,17,22)(H2,18,19,20). The van der Waals surface area contributed by atoms with Crippen molar-refractivity contribution >= 4 is 28.2 Å². The summed E-state index contributed by atoms with van der Waals surface area (Å²) >= 11 is 1.79. The first-order chi connectivity index (χ1) is 11.2. The third-order valence-corrected chi connectivity index (χ3v) is 4.68. The lowest BCUT2D eigenvalue weighted by atomic mass is 10.1. The summed E-state index contributed by atoms with van der Waals surface area (Å²) < 4.78 is 0. The highest BCUT2D eigenvalue weighted by molar-refractivity contribution is 7.14. The van der Waals surface area contributed by atoms with Crippen LogP contribution in [0.5, 0.6) is 0 Å². The number of hydrogen-bond acceptors (Lipinski definition) is 4. The molecule has 0 aliphatic carbocycles. The van der Waals surface area contributed by atoms with Crippen molar-refractivity contribution in [2.45, 2.75) is 32.7 Å². The maximum atomic E-state index is 11.5. The molecule has 0 radical (unpaired) electrons. The average Bonchev–Trinajstić information content (AvgIpc) is 3.08. The maximum absolute atomic E-state index is 11.5. The summed E-state index contributed by atoms with van der Waals surface area (Å²) in [5, 5.41) is 12.9. The molecule has 1 aromatic rings. The van der Waals surface area contributed by atoms with E-state index in [0.717, 1.165) is 38.4 Å². The quantitative estimate of drug-likeness (QED) is 0.542. The minimum absolute atomic E-state index is 0.0442. The highest BCUT2D eigenvalue weighted by Crippen LogP contribution is 2.24. The van der Waals surface area contributed by atoms with E-state index in [1.165, 1.54) is 5.00 Å². The van der Waals surface area contributed by atoms with Gasteiger partial charge in [-0.25, -0.2) is 4.99 Å². The van der Waals surface area contributed by atoms with E-state index in [1.54, 1.807) is 11.3 Å². The molecule has 2 heterocycles. The number of nitrogens with zero attached hydrogens (tertiary/aromatic N) is 2. The Morgan fingerprint density at radius 1 is 1.30 bits per heavy atom. The van der Waals surface area contributed by atoms with Crippen LogP contribution in [0.25, 0.3) is 0 Å². The summed E-state index contributed by atoms with van der Waals surface area (Å²) in [6.07, 6.45) is 2.15. The van der Waals surface area contributed by atoms with E-state index in [-0.39, 0.29) is 12.5 Å². The topological polar surface area (TPSA) is 68.8 Å². The third-order valence-electron chi connectivity index (χ3n) is 3.75. The molecule has 1 aliphatic rings.